The first kappa shape index (κ1) is 22.3. The number of ether oxygens (including phenoxy) is 1. The van der Waals surface area contributed by atoms with Gasteiger partial charge in [0.25, 0.3) is 11.8 Å². The molecule has 0 aliphatic carbocycles. The number of anilines is 1. The van der Waals surface area contributed by atoms with Crippen LogP contribution in [0.3, 0.4) is 0 Å². The zero-order valence-corrected chi connectivity index (χ0v) is 19.5. The highest BCUT2D eigenvalue weighted by atomic mass is 16.5. The van der Waals surface area contributed by atoms with Gasteiger partial charge in [-0.15, -0.1) is 0 Å². The molecule has 1 aliphatic rings. The monoisotopic (exact) mass is 440 g/mol. The first-order valence-corrected chi connectivity index (χ1v) is 11.1. The Labute approximate surface area is 194 Å². The second-order valence-electron chi connectivity index (χ2n) is 8.16. The van der Waals surface area contributed by atoms with Crippen LogP contribution < -0.4 is 9.64 Å². The van der Waals surface area contributed by atoms with E-state index in [2.05, 4.69) is 0 Å². The van der Waals surface area contributed by atoms with Crippen molar-refractivity contribution in [3.8, 4) is 5.75 Å². The maximum atomic E-state index is 13.9. The lowest BCUT2D eigenvalue weighted by Crippen LogP contribution is -2.35. The third-order valence-electron chi connectivity index (χ3n) is 5.95. The van der Waals surface area contributed by atoms with Crippen molar-refractivity contribution in [2.24, 2.45) is 0 Å². The number of hydrogen-bond donors (Lipinski definition) is 0. The van der Waals surface area contributed by atoms with Crippen LogP contribution in [0.25, 0.3) is 5.57 Å². The molecule has 0 N–H and O–H groups in total. The molecule has 3 aromatic rings. The lowest BCUT2D eigenvalue weighted by Gasteiger charge is -2.25. The highest BCUT2D eigenvalue weighted by Crippen LogP contribution is 2.39. The third-order valence-corrected chi connectivity index (χ3v) is 5.95. The number of carbonyl (C=O) groups is 2. The molecule has 168 valence electrons. The highest BCUT2D eigenvalue weighted by molar-refractivity contribution is 6.45. The molecule has 3 aromatic carbocycles. The largest absolute Gasteiger partial charge is 0.495 e. The van der Waals surface area contributed by atoms with Crippen molar-refractivity contribution in [2.45, 2.75) is 27.3 Å². The van der Waals surface area contributed by atoms with Crippen molar-refractivity contribution in [2.75, 3.05) is 18.6 Å². The van der Waals surface area contributed by atoms with Gasteiger partial charge >= 0.3 is 0 Å². The number of para-hydroxylation sites is 2. The standard InChI is InChI=1S/C28H28N2O3/c1-5-29(18-21-11-7-6-8-12-21)26-25(22-16-15-19(2)17-20(22)3)27(31)30(28(26)32)23-13-9-10-14-24(23)33-4/h6-17H,5,18H2,1-4H3. The number of aryl methyl sites for hydroxylation is 2. The van der Waals surface area contributed by atoms with Crippen molar-refractivity contribution < 1.29 is 14.3 Å². The summed E-state index contributed by atoms with van der Waals surface area (Å²) in [6, 6.07) is 23.0. The highest BCUT2D eigenvalue weighted by Gasteiger charge is 2.43. The number of methoxy groups -OCH3 is 1. The Hall–Kier alpha value is -3.86. The Kier molecular flexibility index (Phi) is 6.31. The van der Waals surface area contributed by atoms with E-state index in [1.54, 1.807) is 18.2 Å². The van der Waals surface area contributed by atoms with Crippen LogP contribution in [-0.4, -0.2) is 30.4 Å². The van der Waals surface area contributed by atoms with Crippen LogP contribution in [0.5, 0.6) is 5.75 Å². The molecule has 5 nitrogen and oxygen atoms in total. The van der Waals surface area contributed by atoms with Gasteiger partial charge in [0.2, 0.25) is 0 Å². The number of carbonyl (C=O) groups excluding carboxylic acids is 2. The molecule has 0 atom stereocenters. The molecular weight excluding hydrogens is 412 g/mol. The van der Waals surface area contributed by atoms with Gasteiger partial charge in [0, 0.05) is 13.1 Å². The summed E-state index contributed by atoms with van der Waals surface area (Å²) in [5.41, 5.74) is 5.21. The van der Waals surface area contributed by atoms with E-state index in [-0.39, 0.29) is 11.8 Å². The summed E-state index contributed by atoms with van der Waals surface area (Å²) in [4.78, 5) is 31.0. The van der Waals surface area contributed by atoms with Crippen molar-refractivity contribution in [1.29, 1.82) is 0 Å². The van der Waals surface area contributed by atoms with Crippen LogP contribution in [0.4, 0.5) is 5.69 Å². The van der Waals surface area contributed by atoms with E-state index in [0.29, 0.717) is 35.8 Å². The summed E-state index contributed by atoms with van der Waals surface area (Å²) in [5, 5.41) is 0. The molecule has 5 heteroatoms. The van der Waals surface area contributed by atoms with Crippen LogP contribution in [0.15, 0.2) is 78.5 Å². The maximum Gasteiger partial charge on any atom is 0.282 e. The molecule has 0 fully saturated rings. The Morgan fingerprint density at radius 1 is 0.879 bits per heavy atom. The van der Waals surface area contributed by atoms with Crippen molar-refractivity contribution in [3.63, 3.8) is 0 Å². The topological polar surface area (TPSA) is 49.9 Å². The number of benzene rings is 3. The van der Waals surface area contributed by atoms with Gasteiger partial charge < -0.3 is 9.64 Å². The van der Waals surface area contributed by atoms with Crippen molar-refractivity contribution >= 4 is 23.1 Å². The first-order chi connectivity index (χ1) is 16.0. The van der Waals surface area contributed by atoms with E-state index >= 15 is 0 Å². The molecule has 0 bridgehead atoms. The first-order valence-electron chi connectivity index (χ1n) is 11.1. The number of likely N-dealkylation sites (N-methyl/N-ethyl adjacent to an activating group) is 1. The Balaban J connectivity index is 1.89. The number of nitrogens with zero attached hydrogens (tertiary/aromatic N) is 2. The molecule has 0 saturated heterocycles. The van der Waals surface area contributed by atoms with E-state index in [9.17, 15) is 9.59 Å². The third kappa shape index (κ3) is 4.14. The van der Waals surface area contributed by atoms with Crippen LogP contribution in [0.1, 0.15) is 29.2 Å². The molecular formula is C28H28N2O3. The van der Waals surface area contributed by atoms with Crippen molar-refractivity contribution in [3.05, 3.63) is 101 Å². The van der Waals surface area contributed by atoms with Gasteiger partial charge in [-0.3, -0.25) is 9.59 Å². The van der Waals surface area contributed by atoms with Gasteiger partial charge in [-0.25, -0.2) is 4.90 Å². The lowest BCUT2D eigenvalue weighted by molar-refractivity contribution is -0.120. The van der Waals surface area contributed by atoms with E-state index in [1.807, 2.05) is 80.3 Å². The summed E-state index contributed by atoms with van der Waals surface area (Å²) < 4.78 is 5.47. The number of imide groups is 1. The van der Waals surface area contributed by atoms with Crippen LogP contribution in [0.2, 0.25) is 0 Å². The minimum Gasteiger partial charge on any atom is -0.495 e. The molecule has 0 unspecified atom stereocenters. The van der Waals surface area contributed by atoms with E-state index in [4.69, 9.17) is 4.74 Å². The van der Waals surface area contributed by atoms with Gasteiger partial charge in [-0.1, -0.05) is 66.2 Å². The molecule has 2 amide bonds. The zero-order valence-electron chi connectivity index (χ0n) is 19.5. The average Bonchev–Trinajstić information content (AvgIpc) is 3.07. The zero-order chi connectivity index (χ0) is 23.5. The fourth-order valence-corrected chi connectivity index (χ4v) is 4.33. The van der Waals surface area contributed by atoms with Crippen LogP contribution in [0, 0.1) is 13.8 Å². The lowest BCUT2D eigenvalue weighted by atomic mass is 9.97. The average molecular weight is 441 g/mol. The van der Waals surface area contributed by atoms with Gasteiger partial charge in [-0.2, -0.15) is 0 Å². The maximum absolute atomic E-state index is 13.9. The molecule has 0 aromatic heterocycles. The Morgan fingerprint density at radius 2 is 1.58 bits per heavy atom. The summed E-state index contributed by atoms with van der Waals surface area (Å²) in [6.45, 7) is 7.10. The van der Waals surface area contributed by atoms with Crippen molar-refractivity contribution in [1.82, 2.24) is 4.90 Å². The summed E-state index contributed by atoms with van der Waals surface area (Å²) in [5.74, 6) is -0.193. The Morgan fingerprint density at radius 3 is 2.24 bits per heavy atom. The summed E-state index contributed by atoms with van der Waals surface area (Å²) >= 11 is 0. The van der Waals surface area contributed by atoms with Crippen LogP contribution >= 0.6 is 0 Å². The number of amides is 2. The summed E-state index contributed by atoms with van der Waals surface area (Å²) in [6.07, 6.45) is 0. The van der Waals surface area contributed by atoms with Gasteiger partial charge in [0.15, 0.2) is 0 Å². The van der Waals surface area contributed by atoms with Crippen LogP contribution in [-0.2, 0) is 16.1 Å². The fourth-order valence-electron chi connectivity index (χ4n) is 4.33. The molecule has 1 heterocycles. The van der Waals surface area contributed by atoms with Gasteiger partial charge in [0.1, 0.15) is 11.4 Å². The molecule has 0 saturated carbocycles. The van der Waals surface area contributed by atoms with Gasteiger partial charge in [0.05, 0.1) is 18.4 Å². The van der Waals surface area contributed by atoms with E-state index in [1.165, 1.54) is 12.0 Å². The van der Waals surface area contributed by atoms with E-state index < -0.39 is 0 Å². The minimum atomic E-state index is -0.336. The van der Waals surface area contributed by atoms with Gasteiger partial charge in [-0.05, 0) is 49.6 Å². The minimum absolute atomic E-state index is 0.335. The Bertz CT molecular complexity index is 1230. The molecule has 1 aliphatic heterocycles. The van der Waals surface area contributed by atoms with E-state index in [0.717, 1.165) is 22.3 Å². The SMILES string of the molecule is CCN(Cc1ccccc1)C1=C(c2ccc(C)cc2C)C(=O)N(c2ccccc2OC)C1=O. The molecule has 4 rings (SSSR count). The summed E-state index contributed by atoms with van der Waals surface area (Å²) in [7, 11) is 1.54. The predicted octanol–water partition coefficient (Wildman–Crippen LogP) is 5.12. The number of hydrogen-bond acceptors (Lipinski definition) is 4. The smallest absolute Gasteiger partial charge is 0.282 e. The molecule has 33 heavy (non-hydrogen) atoms. The fraction of sp³-hybridized carbons (Fsp3) is 0.214. The number of rotatable bonds is 7. The predicted molar refractivity (Wildman–Crippen MR) is 131 cm³/mol. The quantitative estimate of drug-likeness (QED) is 0.479. The normalized spacial score (nSPS) is 13.6. The second-order valence-corrected chi connectivity index (χ2v) is 8.16. The molecule has 0 spiro atoms. The second kappa shape index (κ2) is 9.33. The molecule has 0 radical (unpaired) electrons.